The van der Waals surface area contributed by atoms with Gasteiger partial charge in [0.2, 0.25) is 0 Å². The first-order valence-electron chi connectivity index (χ1n) is 4.31. The van der Waals surface area contributed by atoms with Gasteiger partial charge in [-0.2, -0.15) is 0 Å². The minimum Gasteiger partial charge on any atom is -0.351 e. The van der Waals surface area contributed by atoms with Gasteiger partial charge >= 0.3 is 0 Å². The Hall–Kier alpha value is -0.720. The summed E-state index contributed by atoms with van der Waals surface area (Å²) in [6.07, 6.45) is 1.13. The third-order valence-electron chi connectivity index (χ3n) is 2.22. The molecule has 1 aromatic heterocycles. The van der Waals surface area contributed by atoms with Crippen molar-refractivity contribution in [1.82, 2.24) is 4.57 Å². The monoisotopic (exact) mass is 151 g/mol. The molecular weight excluding hydrogens is 134 g/mol. The summed E-state index contributed by atoms with van der Waals surface area (Å²) in [5.74, 6) is 0.639. The van der Waals surface area contributed by atoms with Crippen LogP contribution in [0.3, 0.4) is 0 Å². The van der Waals surface area contributed by atoms with E-state index in [9.17, 15) is 0 Å². The number of hydrogen-bond donors (Lipinski definition) is 0. The third kappa shape index (κ3) is 1.47. The van der Waals surface area contributed by atoms with Crippen LogP contribution in [0.4, 0.5) is 0 Å². The summed E-state index contributed by atoms with van der Waals surface area (Å²) in [5, 5.41) is 0. The van der Waals surface area contributed by atoms with Gasteiger partial charge in [-0.15, -0.1) is 0 Å². The molecule has 1 aromatic rings. The van der Waals surface area contributed by atoms with Crippen molar-refractivity contribution in [1.29, 1.82) is 0 Å². The lowest BCUT2D eigenvalue weighted by atomic mass is 10.1. The second-order valence-corrected chi connectivity index (χ2v) is 3.32. The average molecular weight is 151 g/mol. The lowest BCUT2D eigenvalue weighted by Crippen LogP contribution is -2.01. The van der Waals surface area contributed by atoms with Crippen LogP contribution in [0.1, 0.15) is 38.1 Å². The Kier molecular flexibility index (Phi) is 2.38. The molecule has 0 aliphatic carbocycles. The zero-order chi connectivity index (χ0) is 8.43. The van der Waals surface area contributed by atoms with E-state index in [1.54, 1.807) is 0 Å². The van der Waals surface area contributed by atoms with Gasteiger partial charge in [-0.05, 0) is 24.5 Å². The van der Waals surface area contributed by atoms with Crippen molar-refractivity contribution in [2.75, 3.05) is 0 Å². The van der Waals surface area contributed by atoms with E-state index in [0.717, 1.165) is 6.42 Å². The van der Waals surface area contributed by atoms with Gasteiger partial charge in [-0.3, -0.25) is 0 Å². The molecule has 0 spiro atoms. The van der Waals surface area contributed by atoms with Crippen molar-refractivity contribution in [3.05, 3.63) is 23.5 Å². The van der Waals surface area contributed by atoms with E-state index in [1.165, 1.54) is 11.4 Å². The molecule has 0 fully saturated rings. The molecule has 0 unspecified atom stereocenters. The van der Waals surface area contributed by atoms with E-state index < -0.39 is 0 Å². The SMILES string of the molecule is CCc1ccc(C(C)C)n1C. The summed E-state index contributed by atoms with van der Waals surface area (Å²) in [7, 11) is 2.15. The molecule has 1 heteroatoms. The molecular formula is C10H17N. The standard InChI is InChI=1S/C10H17N/c1-5-9-6-7-10(8(2)3)11(9)4/h6-8H,5H2,1-4H3. The lowest BCUT2D eigenvalue weighted by Gasteiger charge is -2.08. The van der Waals surface area contributed by atoms with Gasteiger partial charge in [0, 0.05) is 18.4 Å². The Morgan fingerprint density at radius 1 is 1.36 bits per heavy atom. The van der Waals surface area contributed by atoms with E-state index >= 15 is 0 Å². The van der Waals surface area contributed by atoms with Crippen molar-refractivity contribution >= 4 is 0 Å². The Morgan fingerprint density at radius 3 is 2.27 bits per heavy atom. The highest BCUT2D eigenvalue weighted by atomic mass is 15.0. The van der Waals surface area contributed by atoms with Gasteiger partial charge in [0.25, 0.3) is 0 Å². The lowest BCUT2D eigenvalue weighted by molar-refractivity contribution is 0.714. The van der Waals surface area contributed by atoms with E-state index in [4.69, 9.17) is 0 Å². The van der Waals surface area contributed by atoms with E-state index in [-0.39, 0.29) is 0 Å². The number of aryl methyl sites for hydroxylation is 1. The molecule has 0 bridgehead atoms. The first kappa shape index (κ1) is 8.38. The highest BCUT2D eigenvalue weighted by molar-refractivity contribution is 5.18. The molecule has 0 N–H and O–H groups in total. The molecule has 62 valence electrons. The average Bonchev–Trinajstić information content (AvgIpc) is 2.30. The van der Waals surface area contributed by atoms with Crippen molar-refractivity contribution in [3.63, 3.8) is 0 Å². The first-order valence-corrected chi connectivity index (χ1v) is 4.31. The Morgan fingerprint density at radius 2 is 2.00 bits per heavy atom. The molecule has 0 aromatic carbocycles. The van der Waals surface area contributed by atoms with Crippen LogP contribution in [-0.2, 0) is 13.5 Å². The molecule has 1 heterocycles. The molecule has 0 saturated heterocycles. The van der Waals surface area contributed by atoms with Gasteiger partial charge in [-0.1, -0.05) is 20.8 Å². The molecule has 1 rings (SSSR count). The number of rotatable bonds is 2. The molecule has 0 saturated carbocycles. The second-order valence-electron chi connectivity index (χ2n) is 3.32. The maximum Gasteiger partial charge on any atom is 0.0199 e. The summed E-state index contributed by atoms with van der Waals surface area (Å²) < 4.78 is 2.30. The normalized spacial score (nSPS) is 11.0. The highest BCUT2D eigenvalue weighted by Gasteiger charge is 2.05. The molecule has 11 heavy (non-hydrogen) atoms. The zero-order valence-electron chi connectivity index (χ0n) is 7.89. The van der Waals surface area contributed by atoms with E-state index in [0.29, 0.717) is 5.92 Å². The van der Waals surface area contributed by atoms with Gasteiger partial charge in [-0.25, -0.2) is 0 Å². The fourth-order valence-corrected chi connectivity index (χ4v) is 1.51. The van der Waals surface area contributed by atoms with Crippen LogP contribution in [0.25, 0.3) is 0 Å². The fourth-order valence-electron chi connectivity index (χ4n) is 1.51. The quantitative estimate of drug-likeness (QED) is 0.612. The minimum atomic E-state index is 0.639. The molecule has 0 aliphatic heterocycles. The Bertz CT molecular complexity index is 233. The molecule has 0 aliphatic rings. The van der Waals surface area contributed by atoms with E-state index in [2.05, 4.69) is 44.5 Å². The first-order chi connectivity index (χ1) is 5.16. The topological polar surface area (TPSA) is 4.93 Å². The Balaban J connectivity index is 3.00. The molecule has 0 atom stereocenters. The van der Waals surface area contributed by atoms with Crippen LogP contribution in [0.2, 0.25) is 0 Å². The van der Waals surface area contributed by atoms with Gasteiger partial charge in [0.15, 0.2) is 0 Å². The van der Waals surface area contributed by atoms with Crippen molar-refractivity contribution < 1.29 is 0 Å². The van der Waals surface area contributed by atoms with Crippen LogP contribution in [0, 0.1) is 0 Å². The minimum absolute atomic E-state index is 0.639. The number of hydrogen-bond acceptors (Lipinski definition) is 0. The van der Waals surface area contributed by atoms with Crippen LogP contribution in [0.15, 0.2) is 12.1 Å². The van der Waals surface area contributed by atoms with Crippen molar-refractivity contribution in [2.45, 2.75) is 33.1 Å². The smallest absolute Gasteiger partial charge is 0.0199 e. The van der Waals surface area contributed by atoms with E-state index in [1.807, 2.05) is 0 Å². The fraction of sp³-hybridized carbons (Fsp3) is 0.600. The highest BCUT2D eigenvalue weighted by Crippen LogP contribution is 2.16. The molecule has 0 radical (unpaired) electrons. The summed E-state index contributed by atoms with van der Waals surface area (Å²) in [6.45, 7) is 6.66. The van der Waals surface area contributed by atoms with Gasteiger partial charge < -0.3 is 4.57 Å². The number of aromatic nitrogens is 1. The predicted octanol–water partition coefficient (Wildman–Crippen LogP) is 2.71. The Labute approximate surface area is 69.0 Å². The summed E-state index contributed by atoms with van der Waals surface area (Å²) >= 11 is 0. The summed E-state index contributed by atoms with van der Waals surface area (Å²) in [4.78, 5) is 0. The van der Waals surface area contributed by atoms with Gasteiger partial charge in [0.05, 0.1) is 0 Å². The summed E-state index contributed by atoms with van der Waals surface area (Å²) in [6, 6.07) is 4.44. The van der Waals surface area contributed by atoms with Crippen LogP contribution >= 0.6 is 0 Å². The van der Waals surface area contributed by atoms with Gasteiger partial charge in [0.1, 0.15) is 0 Å². The number of nitrogens with zero attached hydrogens (tertiary/aromatic N) is 1. The predicted molar refractivity (Wildman–Crippen MR) is 48.9 cm³/mol. The van der Waals surface area contributed by atoms with Crippen LogP contribution in [-0.4, -0.2) is 4.57 Å². The zero-order valence-corrected chi connectivity index (χ0v) is 7.89. The maximum atomic E-state index is 2.30. The van der Waals surface area contributed by atoms with Crippen molar-refractivity contribution in [2.24, 2.45) is 7.05 Å². The second kappa shape index (κ2) is 3.12. The molecule has 1 nitrogen and oxygen atoms in total. The largest absolute Gasteiger partial charge is 0.351 e. The van der Waals surface area contributed by atoms with Crippen LogP contribution in [0.5, 0.6) is 0 Å². The molecule has 0 amide bonds. The third-order valence-corrected chi connectivity index (χ3v) is 2.22. The summed E-state index contributed by atoms with van der Waals surface area (Å²) in [5.41, 5.74) is 2.86. The van der Waals surface area contributed by atoms with Crippen LogP contribution < -0.4 is 0 Å². The maximum absolute atomic E-state index is 2.30. The van der Waals surface area contributed by atoms with Crippen molar-refractivity contribution in [3.8, 4) is 0 Å².